The van der Waals surface area contributed by atoms with Crippen molar-refractivity contribution in [3.05, 3.63) is 182 Å². The molecule has 0 bridgehead atoms. The van der Waals surface area contributed by atoms with Gasteiger partial charge in [-0.1, -0.05) is 152 Å². The topological polar surface area (TPSA) is 51.8 Å². The lowest BCUT2D eigenvalue weighted by atomic mass is 9.89. The van der Waals surface area contributed by atoms with Gasteiger partial charge in [0.2, 0.25) is 0 Å². The fourth-order valence-corrected chi connectivity index (χ4v) is 8.32. The summed E-state index contributed by atoms with van der Waals surface area (Å²) in [6.07, 6.45) is 8.55. The number of allylic oxidation sites excluding steroid dienone is 4. The van der Waals surface area contributed by atoms with Crippen molar-refractivity contribution < 1.29 is 4.42 Å². The number of nitrogens with zero attached hydrogens (tertiary/aromatic N) is 3. The Labute approximate surface area is 317 Å². The number of para-hydroxylation sites is 1. The smallest absolute Gasteiger partial charge is 0.164 e. The van der Waals surface area contributed by atoms with Gasteiger partial charge < -0.3 is 4.42 Å². The van der Waals surface area contributed by atoms with Gasteiger partial charge in [0.05, 0.1) is 0 Å². The molecular formula is C51H33N3O. The van der Waals surface area contributed by atoms with E-state index in [9.17, 15) is 0 Å². The van der Waals surface area contributed by atoms with E-state index in [0.717, 1.165) is 89.9 Å². The third kappa shape index (κ3) is 5.25. The average molecular weight is 704 g/mol. The molecule has 55 heavy (non-hydrogen) atoms. The number of hydrogen-bond acceptors (Lipinski definition) is 4. The molecule has 2 heterocycles. The highest BCUT2D eigenvalue weighted by molar-refractivity contribution is 6.20. The van der Waals surface area contributed by atoms with Crippen LogP contribution in [0.5, 0.6) is 0 Å². The highest BCUT2D eigenvalue weighted by atomic mass is 16.3. The van der Waals surface area contributed by atoms with Crippen molar-refractivity contribution in [1.82, 2.24) is 15.0 Å². The maximum Gasteiger partial charge on any atom is 0.164 e. The lowest BCUT2D eigenvalue weighted by Gasteiger charge is -2.15. The number of rotatable bonds is 5. The van der Waals surface area contributed by atoms with Gasteiger partial charge in [0.25, 0.3) is 0 Å². The lowest BCUT2D eigenvalue weighted by molar-refractivity contribution is 0.670. The summed E-state index contributed by atoms with van der Waals surface area (Å²) in [6, 6.07) is 55.7. The van der Waals surface area contributed by atoms with Crippen LogP contribution in [0.15, 0.2) is 180 Å². The highest BCUT2D eigenvalue weighted by Crippen LogP contribution is 2.45. The molecule has 4 nitrogen and oxygen atoms in total. The Morgan fingerprint density at radius 3 is 1.91 bits per heavy atom. The molecule has 0 saturated carbocycles. The summed E-state index contributed by atoms with van der Waals surface area (Å²) in [5.74, 6) is 2.00. The Kier molecular flexibility index (Phi) is 7.27. The van der Waals surface area contributed by atoms with Gasteiger partial charge in [-0.25, -0.2) is 15.0 Å². The zero-order chi connectivity index (χ0) is 36.3. The van der Waals surface area contributed by atoms with Crippen molar-refractivity contribution >= 4 is 59.8 Å². The summed E-state index contributed by atoms with van der Waals surface area (Å²) < 4.78 is 6.77. The number of aromatic nitrogens is 3. The van der Waals surface area contributed by atoms with E-state index in [-0.39, 0.29) is 0 Å². The van der Waals surface area contributed by atoms with Gasteiger partial charge in [0.1, 0.15) is 11.2 Å². The third-order valence-electron chi connectivity index (χ3n) is 11.0. The molecule has 0 aliphatic heterocycles. The molecule has 0 saturated heterocycles. The lowest BCUT2D eigenvalue weighted by Crippen LogP contribution is -2.03. The van der Waals surface area contributed by atoms with Crippen molar-refractivity contribution in [3.8, 4) is 45.0 Å². The van der Waals surface area contributed by atoms with E-state index in [1.54, 1.807) is 0 Å². The van der Waals surface area contributed by atoms with Gasteiger partial charge in [-0.05, 0) is 86.1 Å². The number of fused-ring (bicyclic) bond motifs is 6. The molecule has 0 unspecified atom stereocenters. The Balaban J connectivity index is 1.13. The first-order valence-corrected chi connectivity index (χ1v) is 18.8. The molecule has 0 amide bonds. The second-order valence-electron chi connectivity index (χ2n) is 14.2. The van der Waals surface area contributed by atoms with Crippen LogP contribution in [0.1, 0.15) is 18.7 Å². The highest BCUT2D eigenvalue weighted by Gasteiger charge is 2.21. The van der Waals surface area contributed by atoms with Crippen LogP contribution in [-0.2, 0) is 0 Å². The Morgan fingerprint density at radius 2 is 1.05 bits per heavy atom. The maximum atomic E-state index is 6.77. The predicted molar refractivity (Wildman–Crippen MR) is 228 cm³/mol. The molecule has 8 aromatic carbocycles. The van der Waals surface area contributed by atoms with E-state index in [2.05, 4.69) is 170 Å². The van der Waals surface area contributed by atoms with Crippen LogP contribution in [0.25, 0.3) is 105 Å². The molecule has 258 valence electrons. The minimum atomic E-state index is 0.654. The molecule has 1 aliphatic carbocycles. The largest absolute Gasteiger partial charge is 0.455 e. The zero-order valence-electron chi connectivity index (χ0n) is 29.9. The Bertz CT molecular complexity index is 3220. The Morgan fingerprint density at radius 1 is 0.418 bits per heavy atom. The maximum absolute atomic E-state index is 6.77. The number of benzene rings is 8. The first kappa shape index (κ1) is 31.4. The van der Waals surface area contributed by atoms with E-state index in [4.69, 9.17) is 19.4 Å². The van der Waals surface area contributed by atoms with Crippen LogP contribution in [0.2, 0.25) is 0 Å². The fourth-order valence-electron chi connectivity index (χ4n) is 8.32. The molecular weight excluding hydrogens is 671 g/mol. The minimum absolute atomic E-state index is 0.654. The summed E-state index contributed by atoms with van der Waals surface area (Å²) in [6.45, 7) is 0. The van der Waals surface area contributed by atoms with Gasteiger partial charge >= 0.3 is 0 Å². The van der Waals surface area contributed by atoms with E-state index < -0.39 is 0 Å². The Hall–Kier alpha value is -7.17. The molecule has 1 aliphatic rings. The van der Waals surface area contributed by atoms with Crippen molar-refractivity contribution in [3.63, 3.8) is 0 Å². The molecule has 0 N–H and O–H groups in total. The van der Waals surface area contributed by atoms with Crippen molar-refractivity contribution in [2.24, 2.45) is 0 Å². The quantitative estimate of drug-likeness (QED) is 0.179. The summed E-state index contributed by atoms with van der Waals surface area (Å²) in [4.78, 5) is 15.4. The molecule has 0 fully saturated rings. The monoisotopic (exact) mass is 703 g/mol. The van der Waals surface area contributed by atoms with Gasteiger partial charge in [0.15, 0.2) is 17.5 Å². The van der Waals surface area contributed by atoms with Crippen LogP contribution in [-0.4, -0.2) is 15.0 Å². The SMILES string of the molecule is C1=CC(c2nc(-c3ccc4ccccc4c3)nc(-c3ccc(-c4ccc(-c5cccc6ccccc56)c5oc6ccccc6c45)c4ccccc34)n2)=CCC1. The zero-order valence-corrected chi connectivity index (χ0v) is 29.9. The number of hydrogen-bond donors (Lipinski definition) is 0. The van der Waals surface area contributed by atoms with Crippen LogP contribution < -0.4 is 0 Å². The first-order valence-electron chi connectivity index (χ1n) is 18.8. The molecule has 0 atom stereocenters. The molecule has 2 aromatic heterocycles. The van der Waals surface area contributed by atoms with Crippen LogP contribution >= 0.6 is 0 Å². The summed E-state index contributed by atoms with van der Waals surface area (Å²) >= 11 is 0. The standard InChI is InChI=1S/C51H33N3O/c1-2-15-34(16-3-1)49-52-50(36-26-25-32-13-4-5-17-35(32)31-36)54-51(53-49)44-30-27-41(39-20-8-9-21-40(39)44)42-28-29-43(38-23-12-18-33-14-6-7-19-37(33)38)48-47(42)45-22-10-11-24-46(45)55-48/h2,4-31H,1,3H2. The van der Waals surface area contributed by atoms with Gasteiger partial charge in [-0.3, -0.25) is 0 Å². The van der Waals surface area contributed by atoms with Crippen LogP contribution in [0.3, 0.4) is 0 Å². The minimum Gasteiger partial charge on any atom is -0.455 e. The van der Waals surface area contributed by atoms with E-state index in [0.29, 0.717) is 17.5 Å². The van der Waals surface area contributed by atoms with Crippen LogP contribution in [0, 0.1) is 0 Å². The van der Waals surface area contributed by atoms with E-state index >= 15 is 0 Å². The van der Waals surface area contributed by atoms with Gasteiger partial charge in [-0.15, -0.1) is 0 Å². The molecule has 0 radical (unpaired) electrons. The third-order valence-corrected chi connectivity index (χ3v) is 11.0. The molecule has 11 rings (SSSR count). The first-order chi connectivity index (χ1) is 27.3. The summed E-state index contributed by atoms with van der Waals surface area (Å²) in [7, 11) is 0. The second-order valence-corrected chi connectivity index (χ2v) is 14.2. The molecule has 10 aromatic rings. The predicted octanol–water partition coefficient (Wildman–Crippen LogP) is 13.6. The van der Waals surface area contributed by atoms with Crippen molar-refractivity contribution in [2.75, 3.05) is 0 Å². The number of furan rings is 1. The average Bonchev–Trinajstić information content (AvgIpc) is 3.66. The normalized spacial score (nSPS) is 13.0. The molecule has 4 heteroatoms. The van der Waals surface area contributed by atoms with Crippen LogP contribution in [0.4, 0.5) is 0 Å². The van der Waals surface area contributed by atoms with Gasteiger partial charge in [-0.2, -0.15) is 0 Å². The molecule has 0 spiro atoms. The van der Waals surface area contributed by atoms with Crippen molar-refractivity contribution in [1.29, 1.82) is 0 Å². The van der Waals surface area contributed by atoms with Gasteiger partial charge in [0, 0.05) is 33.0 Å². The summed E-state index contributed by atoms with van der Waals surface area (Å²) in [5.41, 5.74) is 9.20. The van der Waals surface area contributed by atoms with E-state index in [1.165, 1.54) is 16.2 Å². The summed E-state index contributed by atoms with van der Waals surface area (Å²) in [5, 5.41) is 9.15. The van der Waals surface area contributed by atoms with Crippen molar-refractivity contribution in [2.45, 2.75) is 12.8 Å². The second kappa shape index (κ2) is 12.8. The van der Waals surface area contributed by atoms with E-state index in [1.807, 2.05) is 6.07 Å². The fraction of sp³-hybridized carbons (Fsp3) is 0.0392.